The minimum absolute atomic E-state index is 0.185. The van der Waals surface area contributed by atoms with Gasteiger partial charge in [-0.2, -0.15) is 0 Å². The predicted molar refractivity (Wildman–Crippen MR) is 90.7 cm³/mol. The maximum Gasteiger partial charge on any atom is 0.118 e. The molecule has 1 aliphatic heterocycles. The number of halogens is 2. The van der Waals surface area contributed by atoms with Crippen LogP contribution < -0.4 is 5.32 Å². The molecule has 1 heterocycles. The number of nitrogens with one attached hydrogen (secondary N) is 1. The molecule has 3 nitrogen and oxygen atoms in total. The summed E-state index contributed by atoms with van der Waals surface area (Å²) in [5, 5.41) is 15.6. The Morgan fingerprint density at radius 1 is 1.36 bits per heavy atom. The normalized spacial score (nSPS) is 28.6. The van der Waals surface area contributed by atoms with Crippen molar-refractivity contribution in [1.82, 2.24) is 5.32 Å². The van der Waals surface area contributed by atoms with Crippen molar-refractivity contribution in [3.8, 4) is 0 Å². The van der Waals surface area contributed by atoms with Gasteiger partial charge in [0.1, 0.15) is 5.76 Å². The molecule has 0 bridgehead atoms. The Balaban J connectivity index is 2.02. The van der Waals surface area contributed by atoms with Gasteiger partial charge in [-0.25, -0.2) is 0 Å². The molecule has 3 rings (SSSR count). The molecule has 2 aliphatic rings. The lowest BCUT2D eigenvalue weighted by atomic mass is 9.79. The Labute approximate surface area is 141 Å². The van der Waals surface area contributed by atoms with Gasteiger partial charge in [0.05, 0.1) is 11.6 Å². The summed E-state index contributed by atoms with van der Waals surface area (Å²) in [5.74, 6) is 0.418. The SMILES string of the molecule is COC1CCCC2(C1)NCC(c1c(C)cc(Cl)cc1Cl)=C2O. The molecule has 1 aromatic rings. The smallest absolute Gasteiger partial charge is 0.118 e. The van der Waals surface area contributed by atoms with E-state index in [-0.39, 0.29) is 11.6 Å². The van der Waals surface area contributed by atoms with Gasteiger partial charge in [0.15, 0.2) is 0 Å². The number of rotatable bonds is 2. The Kier molecular flexibility index (Phi) is 4.43. The van der Waals surface area contributed by atoms with Crippen LogP contribution in [0.4, 0.5) is 0 Å². The average Bonchev–Trinajstić information content (AvgIpc) is 2.76. The van der Waals surface area contributed by atoms with Crippen LogP contribution in [0.1, 0.15) is 36.8 Å². The van der Waals surface area contributed by atoms with Gasteiger partial charge >= 0.3 is 0 Å². The Morgan fingerprint density at radius 3 is 2.82 bits per heavy atom. The van der Waals surface area contributed by atoms with E-state index in [1.165, 1.54) is 0 Å². The Hall–Kier alpha value is -0.740. The summed E-state index contributed by atoms with van der Waals surface area (Å²) in [6.45, 7) is 2.58. The third kappa shape index (κ3) is 2.65. The number of aliphatic hydroxyl groups is 1. The van der Waals surface area contributed by atoms with E-state index in [4.69, 9.17) is 27.9 Å². The summed E-state index contributed by atoms with van der Waals surface area (Å²) in [6, 6.07) is 3.61. The van der Waals surface area contributed by atoms with Gasteiger partial charge in [0.2, 0.25) is 0 Å². The van der Waals surface area contributed by atoms with Crippen LogP contribution in [0.15, 0.2) is 17.9 Å². The zero-order chi connectivity index (χ0) is 15.9. The summed E-state index contributed by atoms with van der Waals surface area (Å²) < 4.78 is 5.51. The second-order valence-electron chi connectivity index (χ2n) is 6.30. The van der Waals surface area contributed by atoms with Gasteiger partial charge in [-0.15, -0.1) is 0 Å². The average molecular weight is 342 g/mol. The molecule has 1 fully saturated rings. The first-order valence-corrected chi connectivity index (χ1v) is 8.39. The molecular weight excluding hydrogens is 321 g/mol. The molecule has 22 heavy (non-hydrogen) atoms. The molecule has 0 saturated heterocycles. The number of aliphatic hydroxyl groups excluding tert-OH is 1. The quantitative estimate of drug-likeness (QED) is 0.831. The molecule has 1 saturated carbocycles. The van der Waals surface area contributed by atoms with Gasteiger partial charge in [-0.3, -0.25) is 0 Å². The predicted octanol–water partition coefficient (Wildman–Crippen LogP) is 4.50. The standard InChI is InChI=1S/C17H21Cl2NO2/c1-10-6-11(18)7-14(19)15(10)13-9-20-17(16(13)21)5-3-4-12(8-17)22-2/h6-7,12,20-21H,3-5,8-9H2,1-2H3. The van der Waals surface area contributed by atoms with E-state index in [0.29, 0.717) is 22.3 Å². The van der Waals surface area contributed by atoms with E-state index in [1.54, 1.807) is 13.2 Å². The molecule has 5 heteroatoms. The molecular formula is C17H21Cl2NO2. The van der Waals surface area contributed by atoms with Crippen LogP contribution in [0.2, 0.25) is 10.0 Å². The highest BCUT2D eigenvalue weighted by atomic mass is 35.5. The van der Waals surface area contributed by atoms with Crippen LogP contribution in [-0.4, -0.2) is 30.4 Å². The van der Waals surface area contributed by atoms with E-state index >= 15 is 0 Å². The van der Waals surface area contributed by atoms with Crippen molar-refractivity contribution in [3.05, 3.63) is 39.1 Å². The van der Waals surface area contributed by atoms with Crippen molar-refractivity contribution in [2.24, 2.45) is 0 Å². The van der Waals surface area contributed by atoms with E-state index in [2.05, 4.69) is 5.32 Å². The molecule has 1 aliphatic carbocycles. The molecule has 2 atom stereocenters. The van der Waals surface area contributed by atoms with Crippen LogP contribution >= 0.6 is 23.2 Å². The lowest BCUT2D eigenvalue weighted by Gasteiger charge is -2.37. The second-order valence-corrected chi connectivity index (χ2v) is 7.14. The fourth-order valence-corrected chi connectivity index (χ4v) is 4.52. The van der Waals surface area contributed by atoms with Gasteiger partial charge < -0.3 is 15.2 Å². The van der Waals surface area contributed by atoms with Crippen LogP contribution in [0.3, 0.4) is 0 Å². The van der Waals surface area contributed by atoms with Crippen molar-refractivity contribution in [3.63, 3.8) is 0 Å². The number of hydrogen-bond donors (Lipinski definition) is 2. The van der Waals surface area contributed by atoms with Crippen LogP contribution in [0.25, 0.3) is 5.57 Å². The summed E-state index contributed by atoms with van der Waals surface area (Å²) in [4.78, 5) is 0. The van der Waals surface area contributed by atoms with Crippen LogP contribution in [0.5, 0.6) is 0 Å². The number of aryl methyl sites for hydroxylation is 1. The number of hydrogen-bond acceptors (Lipinski definition) is 3. The zero-order valence-corrected chi connectivity index (χ0v) is 14.4. The Morgan fingerprint density at radius 2 is 2.14 bits per heavy atom. The minimum atomic E-state index is -0.371. The van der Waals surface area contributed by atoms with Crippen molar-refractivity contribution < 1.29 is 9.84 Å². The molecule has 0 radical (unpaired) electrons. The third-order valence-corrected chi connectivity index (χ3v) is 5.45. The van der Waals surface area contributed by atoms with E-state index in [0.717, 1.165) is 42.4 Å². The minimum Gasteiger partial charge on any atom is -0.510 e. The lowest BCUT2D eigenvalue weighted by Crippen LogP contribution is -2.48. The molecule has 2 N–H and O–H groups in total. The van der Waals surface area contributed by atoms with Crippen molar-refractivity contribution >= 4 is 28.8 Å². The zero-order valence-electron chi connectivity index (χ0n) is 12.9. The molecule has 2 unspecified atom stereocenters. The summed E-state index contributed by atoms with van der Waals surface area (Å²) >= 11 is 12.4. The Bertz CT molecular complexity index is 606. The second kappa shape index (κ2) is 6.04. The summed E-state index contributed by atoms with van der Waals surface area (Å²) in [6.07, 6.45) is 3.99. The highest BCUT2D eigenvalue weighted by Crippen LogP contribution is 2.43. The first-order chi connectivity index (χ1) is 10.5. The van der Waals surface area contributed by atoms with Crippen LogP contribution in [0, 0.1) is 6.92 Å². The van der Waals surface area contributed by atoms with Crippen LogP contribution in [-0.2, 0) is 4.74 Å². The largest absolute Gasteiger partial charge is 0.510 e. The topological polar surface area (TPSA) is 41.5 Å². The number of ether oxygens (including phenoxy) is 1. The lowest BCUT2D eigenvalue weighted by molar-refractivity contribution is 0.0338. The molecule has 1 aromatic carbocycles. The highest BCUT2D eigenvalue weighted by molar-refractivity contribution is 6.36. The maximum absolute atomic E-state index is 10.9. The highest BCUT2D eigenvalue weighted by Gasteiger charge is 2.45. The van der Waals surface area contributed by atoms with Crippen molar-refractivity contribution in [2.45, 2.75) is 44.2 Å². The van der Waals surface area contributed by atoms with E-state index in [1.807, 2.05) is 13.0 Å². The molecule has 120 valence electrons. The maximum atomic E-state index is 10.9. The van der Waals surface area contributed by atoms with Gasteiger partial charge in [-0.1, -0.05) is 23.2 Å². The van der Waals surface area contributed by atoms with Gasteiger partial charge in [0, 0.05) is 34.8 Å². The molecule has 0 amide bonds. The summed E-state index contributed by atoms with van der Waals surface area (Å²) in [5.41, 5.74) is 2.39. The molecule has 0 aromatic heterocycles. The van der Waals surface area contributed by atoms with E-state index in [9.17, 15) is 5.11 Å². The fourth-order valence-electron chi connectivity index (χ4n) is 3.81. The number of benzene rings is 1. The van der Waals surface area contributed by atoms with E-state index < -0.39 is 0 Å². The summed E-state index contributed by atoms with van der Waals surface area (Å²) in [7, 11) is 1.74. The monoisotopic (exact) mass is 341 g/mol. The van der Waals surface area contributed by atoms with Gasteiger partial charge in [-0.05, 0) is 50.3 Å². The first-order valence-electron chi connectivity index (χ1n) is 7.63. The molecule has 1 spiro atoms. The van der Waals surface area contributed by atoms with Crippen molar-refractivity contribution in [1.29, 1.82) is 0 Å². The van der Waals surface area contributed by atoms with Gasteiger partial charge in [0.25, 0.3) is 0 Å². The third-order valence-electron chi connectivity index (χ3n) is 4.94. The number of methoxy groups -OCH3 is 1. The van der Waals surface area contributed by atoms with Crippen molar-refractivity contribution in [2.75, 3.05) is 13.7 Å². The first kappa shape index (κ1) is 16.1. The fraction of sp³-hybridized carbons (Fsp3) is 0.529.